The van der Waals surface area contributed by atoms with E-state index in [1.54, 1.807) is 0 Å². The lowest BCUT2D eigenvalue weighted by Crippen LogP contribution is -2.15. The predicted octanol–water partition coefficient (Wildman–Crippen LogP) is 3.52. The number of rotatable bonds is 2. The third-order valence-electron chi connectivity index (χ3n) is 3.31. The van der Waals surface area contributed by atoms with Gasteiger partial charge in [-0.1, -0.05) is 36.7 Å². The maximum Gasteiger partial charge on any atom is 0.122 e. The second-order valence-corrected chi connectivity index (χ2v) is 7.03. The molecule has 0 bridgehead atoms. The van der Waals surface area contributed by atoms with Crippen molar-refractivity contribution in [3.05, 3.63) is 27.7 Å². The molecule has 94 valence electrons. The fourth-order valence-electron chi connectivity index (χ4n) is 2.04. The lowest BCUT2D eigenvalue weighted by atomic mass is 9.84. The fourth-order valence-corrected chi connectivity index (χ4v) is 2.54. The molecule has 2 rings (SSSR count). The zero-order chi connectivity index (χ0) is 12.8. The van der Waals surface area contributed by atoms with Crippen LogP contribution >= 0.6 is 15.9 Å². The Hall–Kier alpha value is -0.540. The molecule has 1 aliphatic rings. The van der Waals surface area contributed by atoms with Crippen LogP contribution in [0.5, 0.6) is 5.75 Å². The second-order valence-electron chi connectivity index (χ2n) is 6.11. The van der Waals surface area contributed by atoms with Crippen molar-refractivity contribution in [2.45, 2.75) is 51.0 Å². The van der Waals surface area contributed by atoms with Crippen LogP contribution < -0.4 is 0 Å². The lowest BCUT2D eigenvalue weighted by Gasteiger charge is -2.23. The van der Waals surface area contributed by atoms with Crippen LogP contribution in [-0.2, 0) is 11.8 Å². The van der Waals surface area contributed by atoms with E-state index in [2.05, 4.69) is 36.7 Å². The first-order valence-corrected chi connectivity index (χ1v) is 6.75. The maximum atomic E-state index is 10.3. The number of halogens is 1. The molecule has 17 heavy (non-hydrogen) atoms. The molecular formula is C14H19BrO2. The normalized spacial score (nSPS) is 18.2. The highest BCUT2D eigenvalue weighted by atomic mass is 79.9. The average Bonchev–Trinajstić information content (AvgIpc) is 2.87. The van der Waals surface area contributed by atoms with Crippen LogP contribution in [0.1, 0.15) is 44.7 Å². The molecule has 1 aromatic carbocycles. The van der Waals surface area contributed by atoms with Crippen LogP contribution in [0.2, 0.25) is 0 Å². The van der Waals surface area contributed by atoms with Gasteiger partial charge in [-0.15, -0.1) is 0 Å². The third-order valence-corrected chi connectivity index (χ3v) is 3.77. The van der Waals surface area contributed by atoms with Crippen LogP contribution in [0.4, 0.5) is 0 Å². The van der Waals surface area contributed by atoms with Gasteiger partial charge in [-0.25, -0.2) is 0 Å². The van der Waals surface area contributed by atoms with E-state index in [-0.39, 0.29) is 5.41 Å². The van der Waals surface area contributed by atoms with Crippen molar-refractivity contribution in [2.75, 3.05) is 0 Å². The molecule has 0 saturated heterocycles. The SMILES string of the molecule is CC(C)(C)c1cc(Br)cc(CC2(O)CC2)c1O. The molecule has 0 unspecified atom stereocenters. The van der Waals surface area contributed by atoms with Crippen molar-refractivity contribution in [3.8, 4) is 5.75 Å². The van der Waals surface area contributed by atoms with Crippen molar-refractivity contribution >= 4 is 15.9 Å². The van der Waals surface area contributed by atoms with Crippen LogP contribution in [0, 0.1) is 0 Å². The molecule has 0 aliphatic heterocycles. The maximum absolute atomic E-state index is 10.3. The predicted molar refractivity (Wildman–Crippen MR) is 72.4 cm³/mol. The van der Waals surface area contributed by atoms with E-state index in [9.17, 15) is 10.2 Å². The molecule has 3 heteroatoms. The monoisotopic (exact) mass is 298 g/mol. The van der Waals surface area contributed by atoms with E-state index >= 15 is 0 Å². The molecule has 0 atom stereocenters. The highest BCUT2D eigenvalue weighted by Crippen LogP contribution is 2.43. The minimum Gasteiger partial charge on any atom is -0.507 e. The Labute approximate surface area is 111 Å². The molecule has 0 amide bonds. The first-order chi connectivity index (χ1) is 7.71. The van der Waals surface area contributed by atoms with Gasteiger partial charge in [-0.2, -0.15) is 0 Å². The molecule has 1 fully saturated rings. The van der Waals surface area contributed by atoms with E-state index in [1.807, 2.05) is 12.1 Å². The zero-order valence-electron chi connectivity index (χ0n) is 10.5. The number of aliphatic hydroxyl groups is 1. The Bertz CT molecular complexity index is 442. The largest absolute Gasteiger partial charge is 0.507 e. The molecule has 0 radical (unpaired) electrons. The van der Waals surface area contributed by atoms with Gasteiger partial charge in [-0.05, 0) is 36.0 Å². The number of hydrogen-bond acceptors (Lipinski definition) is 2. The molecule has 2 nitrogen and oxygen atoms in total. The van der Waals surface area contributed by atoms with E-state index in [0.29, 0.717) is 12.2 Å². The van der Waals surface area contributed by atoms with Gasteiger partial charge in [-0.3, -0.25) is 0 Å². The van der Waals surface area contributed by atoms with Gasteiger partial charge < -0.3 is 10.2 Å². The van der Waals surface area contributed by atoms with Gasteiger partial charge in [0.15, 0.2) is 0 Å². The Balaban J connectivity index is 2.42. The third kappa shape index (κ3) is 2.83. The van der Waals surface area contributed by atoms with Crippen molar-refractivity contribution in [3.63, 3.8) is 0 Å². The van der Waals surface area contributed by atoms with Crippen molar-refractivity contribution < 1.29 is 10.2 Å². The van der Waals surface area contributed by atoms with Crippen molar-refractivity contribution in [2.24, 2.45) is 0 Å². The van der Waals surface area contributed by atoms with Gasteiger partial charge in [0.2, 0.25) is 0 Å². The van der Waals surface area contributed by atoms with E-state index in [0.717, 1.165) is 28.4 Å². The Kier molecular flexibility index (Phi) is 3.03. The quantitative estimate of drug-likeness (QED) is 0.877. The molecule has 1 saturated carbocycles. The standard InChI is InChI=1S/C14H19BrO2/c1-13(2,3)11-7-10(15)6-9(12(11)16)8-14(17)4-5-14/h6-7,16-17H,4-5,8H2,1-3H3. The van der Waals surface area contributed by atoms with Crippen LogP contribution in [0.25, 0.3) is 0 Å². The van der Waals surface area contributed by atoms with Crippen LogP contribution in [0.15, 0.2) is 16.6 Å². The minimum atomic E-state index is -0.576. The summed E-state index contributed by atoms with van der Waals surface area (Å²) in [6.07, 6.45) is 2.22. The zero-order valence-corrected chi connectivity index (χ0v) is 12.1. The molecule has 1 aliphatic carbocycles. The number of benzene rings is 1. The van der Waals surface area contributed by atoms with Gasteiger partial charge >= 0.3 is 0 Å². The smallest absolute Gasteiger partial charge is 0.122 e. The highest BCUT2D eigenvalue weighted by molar-refractivity contribution is 9.10. The number of phenolic OH excluding ortho intramolecular Hbond substituents is 1. The second kappa shape index (κ2) is 3.99. The van der Waals surface area contributed by atoms with E-state index < -0.39 is 5.60 Å². The summed E-state index contributed by atoms with van der Waals surface area (Å²) in [4.78, 5) is 0. The number of phenols is 1. The van der Waals surface area contributed by atoms with E-state index in [1.165, 1.54) is 0 Å². The highest BCUT2D eigenvalue weighted by Gasteiger charge is 2.41. The fraction of sp³-hybridized carbons (Fsp3) is 0.571. The summed E-state index contributed by atoms with van der Waals surface area (Å²) in [6, 6.07) is 3.86. The van der Waals surface area contributed by atoms with E-state index in [4.69, 9.17) is 0 Å². The summed E-state index contributed by atoms with van der Waals surface area (Å²) in [5, 5.41) is 20.3. The minimum absolute atomic E-state index is 0.102. The summed E-state index contributed by atoms with van der Waals surface area (Å²) in [7, 11) is 0. The first kappa shape index (κ1) is 12.9. The Morgan fingerprint density at radius 2 is 1.88 bits per heavy atom. The summed E-state index contributed by atoms with van der Waals surface area (Å²) >= 11 is 3.47. The molecule has 0 spiro atoms. The molecule has 2 N–H and O–H groups in total. The number of hydrogen-bond donors (Lipinski definition) is 2. The first-order valence-electron chi connectivity index (χ1n) is 5.96. The van der Waals surface area contributed by atoms with Gasteiger partial charge in [0, 0.05) is 16.5 Å². The van der Waals surface area contributed by atoms with Crippen LogP contribution in [0.3, 0.4) is 0 Å². The molecule has 0 heterocycles. The average molecular weight is 299 g/mol. The van der Waals surface area contributed by atoms with Gasteiger partial charge in [0.05, 0.1) is 5.60 Å². The van der Waals surface area contributed by atoms with Crippen molar-refractivity contribution in [1.29, 1.82) is 0 Å². The topological polar surface area (TPSA) is 40.5 Å². The lowest BCUT2D eigenvalue weighted by molar-refractivity contribution is 0.150. The summed E-state index contributed by atoms with van der Waals surface area (Å²) in [5.74, 6) is 0.334. The van der Waals surface area contributed by atoms with Gasteiger partial charge in [0.25, 0.3) is 0 Å². The molecule has 1 aromatic rings. The molecule has 0 aromatic heterocycles. The Morgan fingerprint density at radius 3 is 2.35 bits per heavy atom. The Morgan fingerprint density at radius 1 is 1.29 bits per heavy atom. The van der Waals surface area contributed by atoms with Crippen LogP contribution in [-0.4, -0.2) is 15.8 Å². The summed E-state index contributed by atoms with van der Waals surface area (Å²) in [6.45, 7) is 6.22. The number of aromatic hydroxyl groups is 1. The summed E-state index contributed by atoms with van der Waals surface area (Å²) < 4.78 is 0.958. The summed E-state index contributed by atoms with van der Waals surface area (Å²) in [5.41, 5.74) is 1.08. The van der Waals surface area contributed by atoms with Gasteiger partial charge in [0.1, 0.15) is 5.75 Å². The molecular weight excluding hydrogens is 280 g/mol. The van der Waals surface area contributed by atoms with Crippen molar-refractivity contribution in [1.82, 2.24) is 0 Å².